The molecule has 0 unspecified atom stereocenters. The van der Waals surface area contributed by atoms with E-state index in [1.165, 1.54) is 0 Å². The molecular weight excluding hydrogens is 459 g/mol. The summed E-state index contributed by atoms with van der Waals surface area (Å²) in [6, 6.07) is 3.56. The number of nitrogens with one attached hydrogen (secondary N) is 1. The van der Waals surface area contributed by atoms with Crippen LogP contribution < -0.4 is 9.47 Å². The van der Waals surface area contributed by atoms with Gasteiger partial charge in [0, 0.05) is 6.42 Å². The van der Waals surface area contributed by atoms with Crippen LogP contribution in [0.2, 0.25) is 0 Å². The summed E-state index contributed by atoms with van der Waals surface area (Å²) in [5.74, 6) is 0.535. The number of H-pyrrole nitrogens is 1. The molecule has 0 saturated carbocycles. The molecule has 0 bridgehead atoms. The zero-order valence-electron chi connectivity index (χ0n) is 13.7. The topological polar surface area (TPSA) is 102 Å². The summed E-state index contributed by atoms with van der Waals surface area (Å²) in [7, 11) is 0. The van der Waals surface area contributed by atoms with Crippen LogP contribution in [0.4, 0.5) is 0 Å². The smallest absolute Gasteiger partial charge is 0.341 e. The third-order valence-corrected chi connectivity index (χ3v) is 4.09. The Kier molecular flexibility index (Phi) is 6.93. The molecule has 2 rings (SSSR count). The van der Waals surface area contributed by atoms with Crippen LogP contribution in [0.3, 0.4) is 0 Å². The molecular formula is C15H17IN4O4S. The molecule has 1 aromatic carbocycles. The summed E-state index contributed by atoms with van der Waals surface area (Å²) >= 11 is 7.22. The lowest BCUT2D eigenvalue weighted by molar-refractivity contribution is -0.139. The van der Waals surface area contributed by atoms with Gasteiger partial charge in [-0.25, -0.2) is 4.79 Å². The van der Waals surface area contributed by atoms with Gasteiger partial charge in [0.25, 0.3) is 0 Å². The molecule has 0 atom stereocenters. The first-order chi connectivity index (χ1) is 12.0. The van der Waals surface area contributed by atoms with Crippen LogP contribution in [0.25, 0.3) is 0 Å². The number of aromatic amines is 1. The average Bonchev–Trinajstić information content (AvgIpc) is 2.92. The molecule has 1 heterocycles. The van der Waals surface area contributed by atoms with Crippen LogP contribution in [0.15, 0.2) is 17.2 Å². The van der Waals surface area contributed by atoms with Crippen molar-refractivity contribution in [3.63, 3.8) is 0 Å². The van der Waals surface area contributed by atoms with Crippen LogP contribution in [0.5, 0.6) is 11.5 Å². The van der Waals surface area contributed by atoms with Gasteiger partial charge in [0.2, 0.25) is 4.77 Å². The second-order valence-electron chi connectivity index (χ2n) is 4.80. The lowest BCUT2D eigenvalue weighted by atomic mass is 10.2. The maximum absolute atomic E-state index is 10.7. The first-order valence-electron chi connectivity index (χ1n) is 7.47. The van der Waals surface area contributed by atoms with E-state index in [0.29, 0.717) is 29.3 Å². The minimum atomic E-state index is -1.05. The number of carboxylic acids is 1. The Morgan fingerprint density at radius 3 is 2.88 bits per heavy atom. The second kappa shape index (κ2) is 8.94. The number of aryl methyl sites for hydroxylation is 1. The first kappa shape index (κ1) is 19.4. The number of carboxylic acid groups (broad SMARTS) is 1. The van der Waals surface area contributed by atoms with Gasteiger partial charge >= 0.3 is 5.97 Å². The minimum Gasteiger partial charge on any atom is -0.490 e. The van der Waals surface area contributed by atoms with Crippen LogP contribution in [0.1, 0.15) is 25.2 Å². The van der Waals surface area contributed by atoms with Crippen molar-refractivity contribution in [2.24, 2.45) is 5.10 Å². The van der Waals surface area contributed by atoms with Gasteiger partial charge in [-0.1, -0.05) is 6.92 Å². The molecule has 10 heteroatoms. The van der Waals surface area contributed by atoms with Crippen molar-refractivity contribution in [2.45, 2.75) is 20.3 Å². The van der Waals surface area contributed by atoms with Crippen molar-refractivity contribution in [1.82, 2.24) is 14.9 Å². The van der Waals surface area contributed by atoms with E-state index in [0.717, 1.165) is 15.0 Å². The number of aromatic nitrogens is 3. The molecule has 2 aromatic rings. The highest BCUT2D eigenvalue weighted by Crippen LogP contribution is 2.33. The zero-order valence-corrected chi connectivity index (χ0v) is 16.6. The standard InChI is InChI=1S/C15H17IN4O4S/c1-3-12-18-19-15(25)20(12)17-7-9-5-10(16)14(24-8-13(21)22)11(6-9)23-4-2/h5-7H,3-4,8H2,1-2H3,(H,19,25)(H,21,22)/b17-7-. The average molecular weight is 476 g/mol. The summed E-state index contributed by atoms with van der Waals surface area (Å²) in [6.45, 7) is 3.79. The Morgan fingerprint density at radius 2 is 2.24 bits per heavy atom. The molecule has 2 N–H and O–H groups in total. The van der Waals surface area contributed by atoms with Crippen molar-refractivity contribution >= 4 is 47.0 Å². The van der Waals surface area contributed by atoms with Gasteiger partial charge in [-0.05, 0) is 59.4 Å². The van der Waals surface area contributed by atoms with E-state index in [4.69, 9.17) is 26.8 Å². The number of hydrogen-bond acceptors (Lipinski definition) is 6. The number of carbonyl (C=O) groups is 1. The van der Waals surface area contributed by atoms with Gasteiger partial charge in [-0.2, -0.15) is 14.9 Å². The Balaban J connectivity index is 2.35. The maximum Gasteiger partial charge on any atom is 0.341 e. The lowest BCUT2D eigenvalue weighted by Crippen LogP contribution is -2.11. The summed E-state index contributed by atoms with van der Waals surface area (Å²) in [5, 5.41) is 19.9. The fraction of sp³-hybridized carbons (Fsp3) is 0.333. The fourth-order valence-electron chi connectivity index (χ4n) is 2.00. The molecule has 0 saturated heterocycles. The minimum absolute atomic E-state index is 0.399. The summed E-state index contributed by atoms with van der Waals surface area (Å²) in [6.07, 6.45) is 2.32. The lowest BCUT2D eigenvalue weighted by Gasteiger charge is -2.13. The predicted molar refractivity (Wildman–Crippen MR) is 103 cm³/mol. The van der Waals surface area contributed by atoms with Crippen LogP contribution in [-0.2, 0) is 11.2 Å². The molecule has 0 fully saturated rings. The Bertz CT molecular complexity index is 847. The Hall–Kier alpha value is -1.95. The summed E-state index contributed by atoms with van der Waals surface area (Å²) < 4.78 is 13.6. The number of nitrogens with zero attached hydrogens (tertiary/aromatic N) is 3. The van der Waals surface area contributed by atoms with Gasteiger partial charge in [0.1, 0.15) is 0 Å². The molecule has 25 heavy (non-hydrogen) atoms. The van der Waals surface area contributed by atoms with E-state index in [9.17, 15) is 4.79 Å². The summed E-state index contributed by atoms with van der Waals surface area (Å²) in [5.41, 5.74) is 0.765. The normalized spacial score (nSPS) is 11.0. The molecule has 1 aromatic heterocycles. The number of aliphatic carboxylic acids is 1. The molecule has 0 aliphatic heterocycles. The van der Waals surface area contributed by atoms with Gasteiger partial charge < -0.3 is 14.6 Å². The van der Waals surface area contributed by atoms with E-state index in [1.54, 1.807) is 17.0 Å². The highest BCUT2D eigenvalue weighted by Gasteiger charge is 2.13. The van der Waals surface area contributed by atoms with E-state index in [1.807, 2.05) is 19.9 Å². The van der Waals surface area contributed by atoms with Crippen LogP contribution in [0, 0.1) is 8.34 Å². The predicted octanol–water partition coefficient (Wildman–Crippen LogP) is 2.85. The molecule has 134 valence electrons. The highest BCUT2D eigenvalue weighted by atomic mass is 127. The molecule has 0 spiro atoms. The van der Waals surface area contributed by atoms with Gasteiger partial charge in [-0.15, -0.1) is 0 Å². The number of hydrogen-bond donors (Lipinski definition) is 2. The Morgan fingerprint density at radius 1 is 1.48 bits per heavy atom. The number of rotatable bonds is 8. The summed E-state index contributed by atoms with van der Waals surface area (Å²) in [4.78, 5) is 10.7. The van der Waals surface area contributed by atoms with E-state index < -0.39 is 12.6 Å². The fourth-order valence-corrected chi connectivity index (χ4v) is 2.98. The van der Waals surface area contributed by atoms with Gasteiger partial charge in [-0.3, -0.25) is 5.10 Å². The van der Waals surface area contributed by atoms with Gasteiger partial charge in [0.15, 0.2) is 23.9 Å². The number of halogens is 1. The molecule has 0 radical (unpaired) electrons. The zero-order chi connectivity index (χ0) is 18.4. The van der Waals surface area contributed by atoms with Gasteiger partial charge in [0.05, 0.1) is 16.4 Å². The third-order valence-electron chi connectivity index (χ3n) is 3.03. The van der Waals surface area contributed by atoms with Crippen molar-refractivity contribution < 1.29 is 19.4 Å². The van der Waals surface area contributed by atoms with Crippen LogP contribution in [-0.4, -0.2) is 45.4 Å². The molecule has 0 aliphatic carbocycles. The van der Waals surface area contributed by atoms with Crippen molar-refractivity contribution in [3.8, 4) is 11.5 Å². The van der Waals surface area contributed by atoms with Crippen molar-refractivity contribution in [3.05, 3.63) is 31.9 Å². The molecule has 8 nitrogen and oxygen atoms in total. The largest absolute Gasteiger partial charge is 0.490 e. The van der Waals surface area contributed by atoms with E-state index >= 15 is 0 Å². The van der Waals surface area contributed by atoms with E-state index in [2.05, 4.69) is 37.9 Å². The third kappa shape index (κ3) is 5.01. The van der Waals surface area contributed by atoms with E-state index in [-0.39, 0.29) is 0 Å². The quantitative estimate of drug-likeness (QED) is 0.345. The Labute approximate surface area is 163 Å². The monoisotopic (exact) mass is 476 g/mol. The molecule has 0 amide bonds. The van der Waals surface area contributed by atoms with Crippen molar-refractivity contribution in [2.75, 3.05) is 13.2 Å². The van der Waals surface area contributed by atoms with Crippen LogP contribution >= 0.6 is 34.8 Å². The molecule has 0 aliphatic rings. The second-order valence-corrected chi connectivity index (χ2v) is 6.35. The number of benzene rings is 1. The highest BCUT2D eigenvalue weighted by molar-refractivity contribution is 14.1. The maximum atomic E-state index is 10.7. The SMILES string of the molecule is CCOc1cc(/C=N\n2c(CC)n[nH]c2=S)cc(I)c1OCC(=O)O. The number of ether oxygens (including phenoxy) is 2. The van der Waals surface area contributed by atoms with Crippen molar-refractivity contribution in [1.29, 1.82) is 0 Å². The first-order valence-corrected chi connectivity index (χ1v) is 8.96.